The van der Waals surface area contributed by atoms with Gasteiger partial charge in [-0.15, -0.1) is 0 Å². The highest BCUT2D eigenvalue weighted by atomic mass is 16.5. The van der Waals surface area contributed by atoms with Crippen LogP contribution in [0, 0.1) is 5.41 Å². The summed E-state index contributed by atoms with van der Waals surface area (Å²) in [5.41, 5.74) is 10.9. The standard InChI is InChI=1S/C21H25N7O/c1-21(2,13-29-4)16-8-20(27-23-11-16)26-19-6-5-17-18(25-19)7-14(9-22-17)15-10-24-28(3)12-15/h5-12,23,27H,13H2,1-4H3,(H,25,26). The van der Waals surface area contributed by atoms with Gasteiger partial charge in [0.2, 0.25) is 0 Å². The number of allylic oxidation sites excluding steroid dienone is 1. The van der Waals surface area contributed by atoms with Crippen molar-refractivity contribution in [2.45, 2.75) is 13.8 Å². The van der Waals surface area contributed by atoms with Crippen LogP contribution >= 0.6 is 0 Å². The molecule has 0 saturated carbocycles. The molecule has 8 heteroatoms. The first-order valence-electron chi connectivity index (χ1n) is 9.40. The van der Waals surface area contributed by atoms with Crippen LogP contribution in [0.15, 0.2) is 60.5 Å². The second-order valence-corrected chi connectivity index (χ2v) is 7.73. The highest BCUT2D eigenvalue weighted by molar-refractivity contribution is 5.81. The molecule has 3 aromatic heterocycles. The molecule has 0 fully saturated rings. The molecule has 4 heterocycles. The number of rotatable bonds is 6. The number of anilines is 1. The maximum atomic E-state index is 5.35. The molecule has 0 aromatic carbocycles. The Hall–Kier alpha value is -3.39. The number of hydrogen-bond donors (Lipinski definition) is 3. The highest BCUT2D eigenvalue weighted by Crippen LogP contribution is 2.29. The van der Waals surface area contributed by atoms with Crippen molar-refractivity contribution in [3.8, 4) is 11.1 Å². The summed E-state index contributed by atoms with van der Waals surface area (Å²) in [5, 5.41) is 7.56. The van der Waals surface area contributed by atoms with E-state index in [1.54, 1.807) is 11.8 Å². The van der Waals surface area contributed by atoms with Crippen molar-refractivity contribution in [2.24, 2.45) is 12.5 Å². The van der Waals surface area contributed by atoms with Gasteiger partial charge in [0.05, 0.1) is 23.8 Å². The Morgan fingerprint density at radius 3 is 2.79 bits per heavy atom. The molecule has 0 radical (unpaired) electrons. The molecule has 4 rings (SSSR count). The van der Waals surface area contributed by atoms with Crippen molar-refractivity contribution in [3.05, 3.63) is 60.5 Å². The third kappa shape index (κ3) is 4.07. The second-order valence-electron chi connectivity index (χ2n) is 7.73. The van der Waals surface area contributed by atoms with Crippen molar-refractivity contribution in [1.82, 2.24) is 30.6 Å². The fourth-order valence-electron chi connectivity index (χ4n) is 3.27. The molecule has 29 heavy (non-hydrogen) atoms. The van der Waals surface area contributed by atoms with E-state index in [-0.39, 0.29) is 5.41 Å². The predicted molar refractivity (Wildman–Crippen MR) is 113 cm³/mol. The largest absolute Gasteiger partial charge is 0.384 e. The van der Waals surface area contributed by atoms with Gasteiger partial charge in [-0.2, -0.15) is 5.10 Å². The number of aryl methyl sites for hydroxylation is 1. The molecular weight excluding hydrogens is 366 g/mol. The van der Waals surface area contributed by atoms with E-state index in [0.717, 1.165) is 39.4 Å². The summed E-state index contributed by atoms with van der Waals surface area (Å²) >= 11 is 0. The number of ether oxygens (including phenoxy) is 1. The minimum atomic E-state index is -0.115. The van der Waals surface area contributed by atoms with E-state index in [0.29, 0.717) is 6.61 Å². The molecule has 1 aliphatic rings. The minimum absolute atomic E-state index is 0.115. The zero-order valence-electron chi connectivity index (χ0n) is 17.0. The molecule has 0 unspecified atom stereocenters. The van der Waals surface area contributed by atoms with E-state index in [9.17, 15) is 0 Å². The van der Waals surface area contributed by atoms with E-state index >= 15 is 0 Å². The number of hydrazine groups is 1. The molecule has 0 aliphatic carbocycles. The van der Waals surface area contributed by atoms with E-state index in [4.69, 9.17) is 9.72 Å². The monoisotopic (exact) mass is 391 g/mol. The lowest BCUT2D eigenvalue weighted by Crippen LogP contribution is -2.36. The van der Waals surface area contributed by atoms with Gasteiger partial charge in [0.1, 0.15) is 11.6 Å². The van der Waals surface area contributed by atoms with Gasteiger partial charge in [-0.05, 0) is 29.8 Å². The van der Waals surface area contributed by atoms with Gasteiger partial charge >= 0.3 is 0 Å². The third-order valence-electron chi connectivity index (χ3n) is 4.86. The molecule has 3 N–H and O–H groups in total. The summed E-state index contributed by atoms with van der Waals surface area (Å²) in [4.78, 5) is 9.26. The molecule has 1 aliphatic heterocycles. The molecule has 150 valence electrons. The van der Waals surface area contributed by atoms with Crippen molar-refractivity contribution in [3.63, 3.8) is 0 Å². The van der Waals surface area contributed by atoms with Crippen LogP contribution in [0.5, 0.6) is 0 Å². The quantitative estimate of drug-likeness (QED) is 0.595. The van der Waals surface area contributed by atoms with E-state index in [2.05, 4.69) is 46.2 Å². The topological polar surface area (TPSA) is 88.9 Å². The number of aromatic nitrogens is 4. The lowest BCUT2D eigenvalue weighted by atomic mass is 9.85. The van der Waals surface area contributed by atoms with Crippen molar-refractivity contribution in [1.29, 1.82) is 0 Å². The number of fused-ring (bicyclic) bond motifs is 1. The summed E-state index contributed by atoms with van der Waals surface area (Å²) < 4.78 is 7.12. The van der Waals surface area contributed by atoms with E-state index < -0.39 is 0 Å². The second kappa shape index (κ2) is 7.56. The van der Waals surface area contributed by atoms with Gasteiger partial charge in [-0.25, -0.2) is 4.98 Å². The van der Waals surface area contributed by atoms with E-state index in [1.165, 1.54) is 0 Å². The summed E-state index contributed by atoms with van der Waals surface area (Å²) in [7, 11) is 3.61. The van der Waals surface area contributed by atoms with Crippen LogP contribution in [0.25, 0.3) is 22.2 Å². The van der Waals surface area contributed by atoms with Crippen LogP contribution in [0.3, 0.4) is 0 Å². The number of methoxy groups -OCH3 is 1. The molecular formula is C21H25N7O. The van der Waals surface area contributed by atoms with Crippen molar-refractivity contribution in [2.75, 3.05) is 19.0 Å². The molecule has 0 spiro atoms. The Labute approximate surface area is 169 Å². The zero-order valence-corrected chi connectivity index (χ0v) is 17.0. The van der Waals surface area contributed by atoms with Crippen LogP contribution in [-0.2, 0) is 11.8 Å². The summed E-state index contributed by atoms with van der Waals surface area (Å²) in [6.45, 7) is 4.91. The van der Waals surface area contributed by atoms with Crippen LogP contribution in [0.4, 0.5) is 5.82 Å². The van der Waals surface area contributed by atoms with Gasteiger partial charge in [-0.3, -0.25) is 15.1 Å². The number of hydrogen-bond acceptors (Lipinski definition) is 7. The van der Waals surface area contributed by atoms with Crippen molar-refractivity contribution >= 4 is 16.9 Å². The Kier molecular flexibility index (Phi) is 4.94. The first kappa shape index (κ1) is 18.9. The number of nitrogens with zero attached hydrogens (tertiary/aromatic N) is 4. The lowest BCUT2D eigenvalue weighted by molar-refractivity contribution is 0.127. The minimum Gasteiger partial charge on any atom is -0.384 e. The molecule has 0 bridgehead atoms. The first-order chi connectivity index (χ1) is 13.9. The van der Waals surface area contributed by atoms with Crippen LogP contribution < -0.4 is 16.2 Å². The first-order valence-corrected chi connectivity index (χ1v) is 9.40. The normalized spacial score (nSPS) is 14.1. The number of nitrogens with one attached hydrogen (secondary N) is 3. The fraction of sp³-hybridized carbons (Fsp3) is 0.286. The Balaban J connectivity index is 1.59. The average Bonchev–Trinajstić information content (AvgIpc) is 3.14. The maximum absolute atomic E-state index is 5.35. The molecule has 3 aromatic rings. The Morgan fingerprint density at radius 2 is 2.03 bits per heavy atom. The lowest BCUT2D eigenvalue weighted by Gasteiger charge is -2.29. The van der Waals surface area contributed by atoms with Gasteiger partial charge < -0.3 is 15.5 Å². The molecule has 8 nitrogen and oxygen atoms in total. The van der Waals surface area contributed by atoms with Crippen LogP contribution in [0.1, 0.15) is 13.8 Å². The smallest absolute Gasteiger partial charge is 0.132 e. The maximum Gasteiger partial charge on any atom is 0.132 e. The molecule has 0 atom stereocenters. The Bertz CT molecular complexity index is 1100. The van der Waals surface area contributed by atoms with E-state index in [1.807, 2.05) is 50.0 Å². The van der Waals surface area contributed by atoms with Gasteiger partial charge in [-0.1, -0.05) is 13.8 Å². The number of pyridine rings is 2. The highest BCUT2D eigenvalue weighted by Gasteiger charge is 2.24. The molecule has 0 amide bonds. The van der Waals surface area contributed by atoms with Crippen LogP contribution in [0.2, 0.25) is 0 Å². The average molecular weight is 391 g/mol. The summed E-state index contributed by atoms with van der Waals surface area (Å²) in [5.74, 6) is 1.55. The summed E-state index contributed by atoms with van der Waals surface area (Å²) in [6, 6.07) is 5.90. The van der Waals surface area contributed by atoms with Gasteiger partial charge in [0.25, 0.3) is 0 Å². The van der Waals surface area contributed by atoms with Crippen LogP contribution in [-0.4, -0.2) is 33.5 Å². The van der Waals surface area contributed by atoms with Gasteiger partial charge in [0.15, 0.2) is 0 Å². The third-order valence-corrected chi connectivity index (χ3v) is 4.86. The SMILES string of the molecule is COCC(C)(C)C1=CNNC(Nc2ccc3ncc(-c4cnn(C)c4)cc3n2)=C1. The summed E-state index contributed by atoms with van der Waals surface area (Å²) in [6.07, 6.45) is 9.64. The molecule has 0 saturated heterocycles. The Morgan fingerprint density at radius 1 is 1.17 bits per heavy atom. The van der Waals surface area contributed by atoms with Crippen molar-refractivity contribution < 1.29 is 4.74 Å². The zero-order chi connectivity index (χ0) is 20.4. The fourth-order valence-corrected chi connectivity index (χ4v) is 3.27. The predicted octanol–water partition coefficient (Wildman–Crippen LogP) is 2.95. The van der Waals surface area contributed by atoms with Gasteiger partial charge in [0, 0.05) is 49.3 Å².